The van der Waals surface area contributed by atoms with E-state index in [1.54, 1.807) is 29.5 Å². The number of likely N-dealkylation sites (N-methyl/N-ethyl adjacent to an activating group) is 1. The zero-order chi connectivity index (χ0) is 13.8. The van der Waals surface area contributed by atoms with Gasteiger partial charge >= 0.3 is 0 Å². The van der Waals surface area contributed by atoms with Crippen molar-refractivity contribution in [3.63, 3.8) is 0 Å². The zero-order valence-corrected chi connectivity index (χ0v) is 11.1. The number of rotatable bonds is 5. The van der Waals surface area contributed by atoms with Gasteiger partial charge in [0.2, 0.25) is 0 Å². The molecule has 0 amide bonds. The molecule has 0 aliphatic heterocycles. The molecule has 1 aromatic heterocycles. The van der Waals surface area contributed by atoms with Crippen LogP contribution in [0.2, 0.25) is 0 Å². The average molecular weight is 281 g/mol. The molecule has 0 unspecified atom stereocenters. The summed E-state index contributed by atoms with van der Waals surface area (Å²) in [6, 6.07) is 3.67. The molecule has 2 rings (SSSR count). The lowest BCUT2D eigenvalue weighted by Gasteiger charge is -2.19. The molecular formula is C12H12FN3O2S. The molecule has 0 saturated heterocycles. The molecule has 7 heteroatoms. The second kappa shape index (κ2) is 5.75. The van der Waals surface area contributed by atoms with Crippen LogP contribution >= 0.6 is 11.3 Å². The van der Waals surface area contributed by atoms with E-state index in [0.29, 0.717) is 18.7 Å². The summed E-state index contributed by atoms with van der Waals surface area (Å²) < 4.78 is 13.8. The van der Waals surface area contributed by atoms with Crippen LogP contribution in [0.5, 0.6) is 0 Å². The summed E-state index contributed by atoms with van der Waals surface area (Å²) in [4.78, 5) is 15.8. The fraction of sp³-hybridized carbons (Fsp3) is 0.250. The van der Waals surface area contributed by atoms with E-state index in [1.165, 1.54) is 12.1 Å². The Balaban J connectivity index is 2.06. The Bertz CT molecular complexity index is 574. The number of hydrogen-bond donors (Lipinski definition) is 0. The highest BCUT2D eigenvalue weighted by Gasteiger charge is 2.13. The minimum atomic E-state index is -0.609. The number of benzene rings is 1. The number of thiazole rings is 1. The van der Waals surface area contributed by atoms with E-state index in [1.807, 2.05) is 5.38 Å². The Morgan fingerprint density at radius 1 is 1.53 bits per heavy atom. The van der Waals surface area contributed by atoms with Crippen LogP contribution in [0.3, 0.4) is 0 Å². The Morgan fingerprint density at radius 2 is 2.32 bits per heavy atom. The fourth-order valence-corrected chi connectivity index (χ4v) is 2.29. The van der Waals surface area contributed by atoms with Gasteiger partial charge in [-0.25, -0.2) is 9.37 Å². The number of hydrogen-bond acceptors (Lipinski definition) is 5. The van der Waals surface area contributed by atoms with E-state index in [4.69, 9.17) is 0 Å². The van der Waals surface area contributed by atoms with E-state index >= 15 is 0 Å². The van der Waals surface area contributed by atoms with E-state index in [2.05, 4.69) is 4.98 Å². The molecule has 1 aromatic carbocycles. The first-order chi connectivity index (χ1) is 9.08. The van der Waals surface area contributed by atoms with Gasteiger partial charge in [-0.3, -0.25) is 10.1 Å². The van der Waals surface area contributed by atoms with E-state index in [0.717, 1.165) is 11.1 Å². The zero-order valence-electron chi connectivity index (χ0n) is 10.2. The molecule has 5 nitrogen and oxygen atoms in total. The van der Waals surface area contributed by atoms with Crippen molar-refractivity contribution in [2.45, 2.75) is 6.42 Å². The van der Waals surface area contributed by atoms with Crippen LogP contribution in [-0.4, -0.2) is 23.5 Å². The average Bonchev–Trinajstić information content (AvgIpc) is 2.88. The van der Waals surface area contributed by atoms with Gasteiger partial charge in [-0.2, -0.15) is 0 Å². The van der Waals surface area contributed by atoms with Crippen LogP contribution in [-0.2, 0) is 6.42 Å². The van der Waals surface area contributed by atoms with Gasteiger partial charge in [0.05, 0.1) is 21.7 Å². The van der Waals surface area contributed by atoms with Gasteiger partial charge in [-0.1, -0.05) is 0 Å². The predicted octanol–water partition coefficient (Wildman–Crippen LogP) is 2.87. The lowest BCUT2D eigenvalue weighted by atomic mass is 10.2. The lowest BCUT2D eigenvalue weighted by Crippen LogP contribution is -2.21. The van der Waals surface area contributed by atoms with Gasteiger partial charge in [0.1, 0.15) is 0 Å². The van der Waals surface area contributed by atoms with Crippen molar-refractivity contribution in [3.05, 3.63) is 50.7 Å². The molecule has 0 aliphatic rings. The monoisotopic (exact) mass is 281 g/mol. The van der Waals surface area contributed by atoms with Gasteiger partial charge in [0, 0.05) is 37.7 Å². The lowest BCUT2D eigenvalue weighted by molar-refractivity contribution is -0.385. The molecule has 0 aliphatic carbocycles. The summed E-state index contributed by atoms with van der Waals surface area (Å²) in [5.41, 5.74) is 0.108. The number of aromatic nitrogens is 1. The normalized spacial score (nSPS) is 10.4. The summed E-state index contributed by atoms with van der Waals surface area (Å²) in [7, 11) is 1.75. The molecule has 2 aromatic rings. The molecule has 0 saturated carbocycles. The maximum absolute atomic E-state index is 13.8. The number of halogens is 1. The van der Waals surface area contributed by atoms with Crippen molar-refractivity contribution in [3.8, 4) is 0 Å². The molecular weight excluding hydrogens is 269 g/mol. The third-order valence-corrected chi connectivity index (χ3v) is 3.54. The maximum Gasteiger partial charge on any atom is 0.272 e. The van der Waals surface area contributed by atoms with Crippen LogP contribution < -0.4 is 4.90 Å². The topological polar surface area (TPSA) is 59.3 Å². The van der Waals surface area contributed by atoms with Crippen molar-refractivity contribution in [1.29, 1.82) is 0 Å². The van der Waals surface area contributed by atoms with Crippen LogP contribution in [0.1, 0.15) is 5.01 Å². The molecule has 0 radical (unpaired) electrons. The highest BCUT2D eigenvalue weighted by atomic mass is 32.1. The number of nitro benzene ring substituents is 1. The Kier molecular flexibility index (Phi) is 4.06. The second-order valence-electron chi connectivity index (χ2n) is 3.99. The van der Waals surface area contributed by atoms with E-state index < -0.39 is 10.7 Å². The van der Waals surface area contributed by atoms with Crippen molar-refractivity contribution >= 4 is 22.7 Å². The quantitative estimate of drug-likeness (QED) is 0.624. The Labute approximate surface area is 113 Å². The number of anilines is 1. The fourth-order valence-electron chi connectivity index (χ4n) is 1.68. The standard InChI is InChI=1S/C12H12FN3O2S/c1-15(6-4-12-14-5-7-19-12)11-3-2-9(16(17)18)8-10(11)13/h2-3,5,7-8H,4,6H2,1H3. The smallest absolute Gasteiger partial charge is 0.272 e. The Morgan fingerprint density at radius 3 is 2.89 bits per heavy atom. The van der Waals surface area contributed by atoms with Crippen molar-refractivity contribution in [2.75, 3.05) is 18.5 Å². The van der Waals surface area contributed by atoms with Gasteiger partial charge in [-0.15, -0.1) is 11.3 Å². The Hall–Kier alpha value is -2.02. The minimum absolute atomic E-state index is 0.241. The molecule has 0 atom stereocenters. The van der Waals surface area contributed by atoms with E-state index in [-0.39, 0.29) is 5.69 Å². The van der Waals surface area contributed by atoms with Gasteiger partial charge in [0.15, 0.2) is 5.82 Å². The first-order valence-electron chi connectivity index (χ1n) is 5.61. The number of nitrogens with zero attached hydrogens (tertiary/aromatic N) is 3. The predicted molar refractivity (Wildman–Crippen MR) is 72.1 cm³/mol. The van der Waals surface area contributed by atoms with Crippen molar-refractivity contribution in [2.24, 2.45) is 0 Å². The molecule has 100 valence electrons. The first-order valence-corrected chi connectivity index (χ1v) is 6.49. The molecule has 19 heavy (non-hydrogen) atoms. The summed E-state index contributed by atoms with van der Waals surface area (Å²) >= 11 is 1.55. The third-order valence-electron chi connectivity index (χ3n) is 2.70. The number of non-ortho nitro benzene ring substituents is 1. The summed E-state index contributed by atoms with van der Waals surface area (Å²) in [5, 5.41) is 13.4. The summed E-state index contributed by atoms with van der Waals surface area (Å²) in [6.45, 7) is 0.599. The number of nitro groups is 1. The van der Waals surface area contributed by atoms with Crippen LogP contribution in [0.4, 0.5) is 15.8 Å². The van der Waals surface area contributed by atoms with Crippen molar-refractivity contribution in [1.82, 2.24) is 4.98 Å². The van der Waals surface area contributed by atoms with Gasteiger partial charge < -0.3 is 4.90 Å². The molecule has 1 heterocycles. The van der Waals surface area contributed by atoms with Gasteiger partial charge in [0.25, 0.3) is 5.69 Å². The van der Waals surface area contributed by atoms with Crippen molar-refractivity contribution < 1.29 is 9.31 Å². The first kappa shape index (κ1) is 13.4. The van der Waals surface area contributed by atoms with Gasteiger partial charge in [-0.05, 0) is 6.07 Å². The van der Waals surface area contributed by atoms with Crippen LogP contribution in [0, 0.1) is 15.9 Å². The molecule has 0 N–H and O–H groups in total. The van der Waals surface area contributed by atoms with E-state index in [9.17, 15) is 14.5 Å². The van der Waals surface area contributed by atoms with Crippen LogP contribution in [0.15, 0.2) is 29.8 Å². The minimum Gasteiger partial charge on any atom is -0.372 e. The molecule has 0 bridgehead atoms. The second-order valence-corrected chi connectivity index (χ2v) is 4.97. The summed E-state index contributed by atoms with van der Waals surface area (Å²) in [5.74, 6) is -0.587. The maximum atomic E-state index is 13.8. The summed E-state index contributed by atoms with van der Waals surface area (Å²) in [6.07, 6.45) is 2.44. The highest BCUT2D eigenvalue weighted by molar-refractivity contribution is 7.09. The largest absolute Gasteiger partial charge is 0.372 e. The molecule has 0 spiro atoms. The highest BCUT2D eigenvalue weighted by Crippen LogP contribution is 2.23. The van der Waals surface area contributed by atoms with Crippen LogP contribution in [0.25, 0.3) is 0 Å². The third kappa shape index (κ3) is 3.25. The SMILES string of the molecule is CN(CCc1nccs1)c1ccc([N+](=O)[O-])cc1F. The molecule has 0 fully saturated rings.